The molecular weight excluding hydrogens is 805 g/mol. The van der Waals surface area contributed by atoms with Gasteiger partial charge in [0.15, 0.2) is 0 Å². The van der Waals surface area contributed by atoms with Crippen molar-refractivity contribution in [1.82, 2.24) is 29.7 Å². The number of hydrogen-bond acceptors (Lipinski definition) is 16. The summed E-state index contributed by atoms with van der Waals surface area (Å²) in [5.74, 6) is 2.59. The molecule has 4 aromatic rings. The van der Waals surface area contributed by atoms with Crippen molar-refractivity contribution in [2.75, 3.05) is 115 Å². The molecule has 0 radical (unpaired) electrons. The van der Waals surface area contributed by atoms with Crippen LogP contribution < -0.4 is 39.4 Å². The second-order valence-corrected chi connectivity index (χ2v) is 16.2. The molecule has 0 bridgehead atoms. The predicted molar refractivity (Wildman–Crippen MR) is 238 cm³/mol. The van der Waals surface area contributed by atoms with Gasteiger partial charge in [0.25, 0.3) is 11.8 Å². The Labute approximate surface area is 360 Å². The normalized spacial score (nSPS) is 14.3. The number of likely N-dealkylation sites (N-methyl/N-ethyl adjacent to an activating group) is 2. The molecule has 2 N–H and O–H groups in total. The van der Waals surface area contributed by atoms with Crippen LogP contribution in [0.4, 0.5) is 23.3 Å². The van der Waals surface area contributed by atoms with Crippen LogP contribution in [0.15, 0.2) is 92.4 Å². The number of aromatic nitrogens is 4. The first-order chi connectivity index (χ1) is 28.8. The molecule has 18 heteroatoms. The number of methoxy groups -OCH3 is 4. The van der Waals surface area contributed by atoms with E-state index in [1.165, 1.54) is 23.5 Å². The average Bonchev–Trinajstić information content (AvgIpc) is 3.24. The highest BCUT2D eigenvalue weighted by Gasteiger charge is 2.25. The molecule has 6 rings (SSSR count). The van der Waals surface area contributed by atoms with Crippen molar-refractivity contribution in [2.24, 2.45) is 0 Å². The van der Waals surface area contributed by atoms with Crippen molar-refractivity contribution in [2.45, 2.75) is 33.4 Å². The zero-order valence-electron chi connectivity index (χ0n) is 35.5. The summed E-state index contributed by atoms with van der Waals surface area (Å²) in [6.45, 7) is 17.9. The van der Waals surface area contributed by atoms with Crippen molar-refractivity contribution in [3.63, 3.8) is 0 Å². The van der Waals surface area contributed by atoms with Crippen molar-refractivity contribution in [1.29, 1.82) is 0 Å². The molecular formula is C42H54N10O6S2. The fraction of sp³-hybridized carbons (Fsp3) is 0.381. The number of carbonyl (C=O) groups excluding carboxylic acids is 2. The molecule has 16 nitrogen and oxygen atoms in total. The van der Waals surface area contributed by atoms with Gasteiger partial charge in [-0.2, -0.15) is 19.9 Å². The zero-order chi connectivity index (χ0) is 43.3. The highest BCUT2D eigenvalue weighted by molar-refractivity contribution is 7.99. The van der Waals surface area contributed by atoms with Crippen LogP contribution in [-0.4, -0.2) is 136 Å². The van der Waals surface area contributed by atoms with Crippen LogP contribution in [0, 0.1) is 0 Å². The Morgan fingerprint density at radius 2 is 0.883 bits per heavy atom. The number of amides is 2. The summed E-state index contributed by atoms with van der Waals surface area (Å²) in [4.78, 5) is 54.3. The minimum absolute atomic E-state index is 0.216. The van der Waals surface area contributed by atoms with E-state index in [1.54, 1.807) is 42.3 Å². The fourth-order valence-corrected chi connectivity index (χ4v) is 7.81. The molecule has 60 heavy (non-hydrogen) atoms. The summed E-state index contributed by atoms with van der Waals surface area (Å²) >= 11 is 2.84. The summed E-state index contributed by atoms with van der Waals surface area (Å²) in [5, 5.41) is 5.65. The van der Waals surface area contributed by atoms with Gasteiger partial charge in [-0.1, -0.05) is 48.8 Å². The molecule has 4 heterocycles. The second-order valence-electron chi connectivity index (χ2n) is 14.1. The average molecular weight is 859 g/mol. The number of benzene rings is 2. The lowest BCUT2D eigenvalue weighted by Crippen LogP contribution is -2.45. The summed E-state index contributed by atoms with van der Waals surface area (Å²) in [6.07, 6.45) is 0. The first-order valence-electron chi connectivity index (χ1n) is 19.2. The Morgan fingerprint density at radius 3 is 1.17 bits per heavy atom. The third kappa shape index (κ3) is 12.2. The number of piperazine rings is 2. The number of carbonyl (C=O) groups is 2. The molecule has 0 unspecified atom stereocenters. The van der Waals surface area contributed by atoms with Gasteiger partial charge in [0.05, 0.1) is 28.4 Å². The number of rotatable bonds is 14. The van der Waals surface area contributed by atoms with Crippen LogP contribution in [0.25, 0.3) is 0 Å². The maximum absolute atomic E-state index is 11.9. The number of hydrogen-bond donors (Lipinski definition) is 2. The predicted octanol–water partition coefficient (Wildman–Crippen LogP) is 5.82. The van der Waals surface area contributed by atoms with Crippen molar-refractivity contribution in [3.8, 4) is 23.5 Å². The van der Waals surface area contributed by atoms with Crippen molar-refractivity contribution in [3.05, 3.63) is 72.8 Å². The van der Waals surface area contributed by atoms with Crippen LogP contribution in [0.2, 0.25) is 0 Å². The molecule has 2 saturated heterocycles. The summed E-state index contributed by atoms with van der Waals surface area (Å²) in [7, 11) is 10.6. The zero-order valence-corrected chi connectivity index (χ0v) is 37.2. The highest BCUT2D eigenvalue weighted by atomic mass is 32.2. The van der Waals surface area contributed by atoms with Gasteiger partial charge >= 0.3 is 0 Å². The maximum atomic E-state index is 11.9. The van der Waals surface area contributed by atoms with E-state index in [1.807, 2.05) is 48.5 Å². The minimum Gasteiger partial charge on any atom is -0.480 e. The van der Waals surface area contributed by atoms with Crippen LogP contribution in [0.1, 0.15) is 13.8 Å². The van der Waals surface area contributed by atoms with Gasteiger partial charge in [0, 0.05) is 84.7 Å². The van der Waals surface area contributed by atoms with Gasteiger partial charge in [-0.05, 0) is 64.3 Å². The second kappa shape index (κ2) is 21.6. The molecule has 2 amide bonds. The molecule has 0 atom stereocenters. The van der Waals surface area contributed by atoms with Crippen molar-refractivity contribution < 1.29 is 28.5 Å². The lowest BCUT2D eigenvalue weighted by atomic mass is 10.3. The Morgan fingerprint density at radius 1 is 0.567 bits per heavy atom. The van der Waals surface area contributed by atoms with E-state index in [0.29, 0.717) is 67.7 Å². The molecule has 0 aliphatic carbocycles. The summed E-state index contributed by atoms with van der Waals surface area (Å²) in [5.41, 5.74) is 2.26. The molecule has 2 aliphatic heterocycles. The molecule has 320 valence electrons. The third-order valence-electron chi connectivity index (χ3n) is 9.33. The fourth-order valence-electron chi connectivity index (χ4n) is 5.81. The number of anilines is 4. The molecule has 2 fully saturated rings. The molecule has 0 spiro atoms. The van der Waals surface area contributed by atoms with E-state index in [-0.39, 0.29) is 11.8 Å². The first kappa shape index (κ1) is 45.5. The van der Waals surface area contributed by atoms with Crippen molar-refractivity contribution >= 4 is 58.6 Å². The Bertz CT molecular complexity index is 1960. The largest absolute Gasteiger partial charge is 0.480 e. The van der Waals surface area contributed by atoms with Crippen LogP contribution in [0.3, 0.4) is 0 Å². The monoisotopic (exact) mass is 858 g/mol. The standard InChI is InChI=1S/2C21H27N5O3S/c2*1-14(2)18(27)22-15-7-6-8-16(13-15)30-17-19(28-4)23-21(24-20(17)29-5)26-11-9-25(3)10-12-26/h2*6-8,13H,1,9-12H2,2-5H3,(H,22,27). The van der Waals surface area contributed by atoms with E-state index in [9.17, 15) is 9.59 Å². The minimum atomic E-state index is -0.216. The van der Waals surface area contributed by atoms with Gasteiger partial charge in [-0.25, -0.2) is 0 Å². The smallest absolute Gasteiger partial charge is 0.250 e. The lowest BCUT2D eigenvalue weighted by molar-refractivity contribution is -0.113. The van der Waals surface area contributed by atoms with Gasteiger partial charge in [0.2, 0.25) is 35.4 Å². The van der Waals surface area contributed by atoms with E-state index in [0.717, 1.165) is 62.1 Å². The Hall–Kier alpha value is -5.56. The van der Waals surface area contributed by atoms with Gasteiger partial charge in [0.1, 0.15) is 9.79 Å². The van der Waals surface area contributed by atoms with Crippen LogP contribution >= 0.6 is 23.5 Å². The van der Waals surface area contributed by atoms with Gasteiger partial charge < -0.3 is 49.2 Å². The quantitative estimate of drug-likeness (QED) is 0.146. The van der Waals surface area contributed by atoms with Gasteiger partial charge in [-0.15, -0.1) is 0 Å². The van der Waals surface area contributed by atoms with E-state index >= 15 is 0 Å². The lowest BCUT2D eigenvalue weighted by Gasteiger charge is -2.32. The SMILES string of the molecule is C=C(C)C(=O)Nc1cccc(Sc2c(OC)nc(N3CCN(C)CC3)nc2OC)c1.C=C(C)C(=O)Nc1cccc(Sc2c(OC)nc(N3CCN(C)CC3)nc2OC)c1. The maximum Gasteiger partial charge on any atom is 0.250 e. The summed E-state index contributed by atoms with van der Waals surface area (Å²) in [6, 6.07) is 15.0. The van der Waals surface area contributed by atoms with E-state index in [2.05, 4.69) is 77.4 Å². The summed E-state index contributed by atoms with van der Waals surface area (Å²) < 4.78 is 22.3. The van der Waals surface area contributed by atoms with Crippen LogP contribution in [0.5, 0.6) is 23.5 Å². The molecule has 2 aromatic carbocycles. The van der Waals surface area contributed by atoms with E-state index in [4.69, 9.17) is 18.9 Å². The topological polar surface area (TPSA) is 160 Å². The molecule has 2 aromatic heterocycles. The number of nitrogens with zero attached hydrogens (tertiary/aromatic N) is 8. The Kier molecular flexibility index (Phi) is 16.4. The van der Waals surface area contributed by atoms with E-state index < -0.39 is 0 Å². The molecule has 2 aliphatic rings. The van der Waals surface area contributed by atoms with Gasteiger partial charge in [-0.3, -0.25) is 9.59 Å². The third-order valence-corrected chi connectivity index (χ3v) is 11.4. The number of nitrogens with one attached hydrogen (secondary N) is 2. The Balaban J connectivity index is 0.000000228. The highest BCUT2D eigenvalue weighted by Crippen LogP contribution is 2.43. The first-order valence-corrected chi connectivity index (χ1v) is 20.8. The molecule has 0 saturated carbocycles. The van der Waals surface area contributed by atoms with Crippen LogP contribution in [-0.2, 0) is 9.59 Å². The number of ether oxygens (including phenoxy) is 4.